The Morgan fingerprint density at radius 3 is 1.57 bits per heavy atom. The van der Waals surface area contributed by atoms with E-state index in [2.05, 4.69) is 31.7 Å². The summed E-state index contributed by atoms with van der Waals surface area (Å²) < 4.78 is 32.8. The number of nitrogens with zero attached hydrogens (tertiary/aromatic N) is 6. The molecule has 0 unspecified atom stereocenters. The van der Waals surface area contributed by atoms with Crippen LogP contribution in [-0.4, -0.2) is 73.8 Å². The van der Waals surface area contributed by atoms with Gasteiger partial charge in [0.15, 0.2) is 22.0 Å². The van der Waals surface area contributed by atoms with Crippen molar-refractivity contribution in [1.82, 2.24) is 29.1 Å². The van der Waals surface area contributed by atoms with Crippen LogP contribution in [0.1, 0.15) is 83.2 Å². The van der Waals surface area contributed by atoms with Crippen LogP contribution in [0.25, 0.3) is 22.1 Å². The molecule has 51 heavy (non-hydrogen) atoms. The highest BCUT2D eigenvalue weighted by Gasteiger charge is 2.23. The molecule has 1 N–H and O–H groups in total. The maximum Gasteiger partial charge on any atom is 0.217 e. The van der Waals surface area contributed by atoms with E-state index in [4.69, 9.17) is 57.0 Å². The Hall–Kier alpha value is -3.20. The van der Waals surface area contributed by atoms with Crippen molar-refractivity contribution in [3.05, 3.63) is 82.4 Å². The number of rotatable bonds is 21. The molecule has 0 atom stereocenters. The Morgan fingerprint density at radius 1 is 0.647 bits per heavy atom. The quantitative estimate of drug-likeness (QED) is 0.0447. The first-order valence-electron chi connectivity index (χ1n) is 17.7. The van der Waals surface area contributed by atoms with Gasteiger partial charge in [-0.15, -0.1) is 0 Å². The molecular weight excluding hydrogens is 695 g/mol. The zero-order valence-corrected chi connectivity index (χ0v) is 31.5. The molecule has 0 radical (unpaired) electrons. The average Bonchev–Trinajstić information content (AvgIpc) is 3.70. The molecule has 0 aliphatic rings. The van der Waals surface area contributed by atoms with Crippen LogP contribution in [0.3, 0.4) is 0 Å². The van der Waals surface area contributed by atoms with Gasteiger partial charge in [-0.3, -0.25) is 0 Å². The Bertz CT molecular complexity index is 1730. The molecule has 0 fully saturated rings. The molecule has 0 aliphatic heterocycles. The van der Waals surface area contributed by atoms with Crippen LogP contribution < -0.4 is 0 Å². The maximum atomic E-state index is 8.99. The van der Waals surface area contributed by atoms with Crippen molar-refractivity contribution in [1.29, 1.82) is 0 Å². The second-order valence-corrected chi connectivity index (χ2v) is 12.1. The van der Waals surface area contributed by atoms with Crippen LogP contribution in [0.5, 0.6) is 0 Å². The van der Waals surface area contributed by atoms with E-state index in [0.29, 0.717) is 73.4 Å². The lowest BCUT2D eigenvalue weighted by molar-refractivity contribution is -0.146. The standard InChI is InChI=1S/C22H28ClN3O3.C15H22ClN3O3/c1-3-28-22(29-4-2)21-25-19-18(12-13-24-20(19)23)26(21)14-8-9-15-27-16-17-10-6-5-7-11-17;1-3-21-15(22-4-2)14-18-12-11(7-8-17-13(12)16)19(14)9-5-6-10-20/h5-7,10-13,22H,3-4,8-9,14-16H2,1-2H3;7-8,15,20H,3-6,9-10H2,1-2H3. The number of hydrogen-bond donors (Lipinski definition) is 1. The molecular formula is C37H50Cl2N6O6. The predicted octanol–water partition coefficient (Wildman–Crippen LogP) is 8.08. The second kappa shape index (κ2) is 22.0. The van der Waals surface area contributed by atoms with Gasteiger partial charge < -0.3 is 37.9 Å². The van der Waals surface area contributed by atoms with Gasteiger partial charge in [-0.2, -0.15) is 0 Å². The van der Waals surface area contributed by atoms with Crippen molar-refractivity contribution in [3.63, 3.8) is 0 Å². The number of fused-ring (bicyclic) bond motifs is 2. The zero-order chi connectivity index (χ0) is 36.4. The van der Waals surface area contributed by atoms with E-state index in [1.54, 1.807) is 12.4 Å². The van der Waals surface area contributed by atoms with Crippen molar-refractivity contribution < 1.29 is 28.8 Å². The monoisotopic (exact) mass is 744 g/mol. The van der Waals surface area contributed by atoms with Crippen LogP contribution in [0.15, 0.2) is 54.9 Å². The van der Waals surface area contributed by atoms with Crippen molar-refractivity contribution >= 4 is 45.3 Å². The van der Waals surface area contributed by atoms with Crippen molar-refractivity contribution in [3.8, 4) is 0 Å². The third-order valence-corrected chi connectivity index (χ3v) is 8.37. The predicted molar refractivity (Wildman–Crippen MR) is 199 cm³/mol. The first kappa shape index (κ1) is 40.6. The number of imidazole rings is 2. The number of aromatic nitrogens is 6. The molecule has 278 valence electrons. The molecule has 1 aromatic carbocycles. The van der Waals surface area contributed by atoms with Gasteiger partial charge in [0.25, 0.3) is 0 Å². The SMILES string of the molecule is CCOC(OCC)c1nc2c(Cl)nccc2n1CCCCO.CCOC(OCC)c1nc2c(Cl)nccc2n1CCCCOCc1ccccc1. The minimum Gasteiger partial charge on any atom is -0.396 e. The first-order chi connectivity index (χ1) is 25.0. The summed E-state index contributed by atoms with van der Waals surface area (Å²) >= 11 is 12.4. The minimum atomic E-state index is -0.535. The maximum absolute atomic E-state index is 8.99. The van der Waals surface area contributed by atoms with Crippen molar-refractivity contribution in [2.45, 2.75) is 85.7 Å². The second-order valence-electron chi connectivity index (χ2n) is 11.3. The van der Waals surface area contributed by atoms with E-state index in [-0.39, 0.29) is 6.61 Å². The molecule has 0 spiro atoms. The summed E-state index contributed by atoms with van der Waals surface area (Å²) in [5, 5.41) is 9.75. The van der Waals surface area contributed by atoms with Gasteiger partial charge >= 0.3 is 0 Å². The summed E-state index contributed by atoms with van der Waals surface area (Å²) in [6.07, 6.45) is 5.75. The molecule has 4 aromatic heterocycles. The Morgan fingerprint density at radius 2 is 1.12 bits per heavy atom. The van der Waals surface area contributed by atoms with Gasteiger partial charge in [-0.05, 0) is 71.1 Å². The fourth-order valence-electron chi connectivity index (χ4n) is 5.53. The molecule has 0 saturated heterocycles. The largest absolute Gasteiger partial charge is 0.396 e. The van der Waals surface area contributed by atoms with Crippen molar-refractivity contribution in [2.24, 2.45) is 0 Å². The Labute approximate surface area is 310 Å². The third-order valence-electron chi connectivity index (χ3n) is 7.82. The van der Waals surface area contributed by atoms with E-state index in [1.807, 2.05) is 62.6 Å². The lowest BCUT2D eigenvalue weighted by Gasteiger charge is -2.18. The number of unbranched alkanes of at least 4 members (excludes halogenated alkanes) is 2. The smallest absolute Gasteiger partial charge is 0.217 e. The van der Waals surface area contributed by atoms with Crippen LogP contribution in [0.4, 0.5) is 0 Å². The lowest BCUT2D eigenvalue weighted by atomic mass is 10.2. The summed E-state index contributed by atoms with van der Waals surface area (Å²) in [7, 11) is 0. The number of halogens is 2. The third kappa shape index (κ3) is 11.4. The molecule has 0 saturated carbocycles. The average molecular weight is 746 g/mol. The molecule has 5 rings (SSSR count). The first-order valence-corrected chi connectivity index (χ1v) is 18.4. The number of ether oxygens (including phenoxy) is 5. The highest BCUT2D eigenvalue weighted by atomic mass is 35.5. The van der Waals surface area contributed by atoms with Crippen LogP contribution >= 0.6 is 23.2 Å². The summed E-state index contributed by atoms with van der Waals surface area (Å²) in [5.74, 6) is 1.41. The molecule has 0 aliphatic carbocycles. The normalized spacial score (nSPS) is 11.6. The van der Waals surface area contributed by atoms with Gasteiger partial charge in [0.05, 0.1) is 17.6 Å². The van der Waals surface area contributed by atoms with Crippen LogP contribution in [0.2, 0.25) is 10.3 Å². The summed E-state index contributed by atoms with van der Waals surface area (Å²) in [4.78, 5) is 17.5. The van der Waals surface area contributed by atoms with Gasteiger partial charge in [0.1, 0.15) is 11.0 Å². The van der Waals surface area contributed by atoms with E-state index < -0.39 is 12.6 Å². The molecule has 0 amide bonds. The summed E-state index contributed by atoms with van der Waals surface area (Å²) in [6.45, 7) is 12.8. The number of benzene rings is 1. The van der Waals surface area contributed by atoms with Crippen LogP contribution in [0, 0.1) is 0 Å². The van der Waals surface area contributed by atoms with E-state index in [0.717, 1.165) is 49.1 Å². The van der Waals surface area contributed by atoms with E-state index in [9.17, 15) is 0 Å². The van der Waals surface area contributed by atoms with Crippen LogP contribution in [-0.2, 0) is 43.4 Å². The van der Waals surface area contributed by atoms with E-state index in [1.165, 1.54) is 5.56 Å². The number of hydrogen-bond acceptors (Lipinski definition) is 10. The molecule has 14 heteroatoms. The number of aryl methyl sites for hydroxylation is 2. The minimum absolute atomic E-state index is 0.171. The van der Waals surface area contributed by atoms with E-state index >= 15 is 0 Å². The molecule has 4 heterocycles. The van der Waals surface area contributed by atoms with Gasteiger partial charge in [-0.1, -0.05) is 53.5 Å². The number of pyridine rings is 2. The summed E-state index contributed by atoms with van der Waals surface area (Å²) in [6, 6.07) is 14.0. The molecule has 12 nitrogen and oxygen atoms in total. The lowest BCUT2D eigenvalue weighted by Crippen LogP contribution is -2.16. The molecule has 5 aromatic rings. The number of aliphatic hydroxyl groups excluding tert-OH is 1. The number of aliphatic hydroxyl groups is 1. The highest BCUT2D eigenvalue weighted by Crippen LogP contribution is 2.29. The zero-order valence-electron chi connectivity index (χ0n) is 30.0. The van der Waals surface area contributed by atoms with Gasteiger partial charge in [0.2, 0.25) is 12.6 Å². The highest BCUT2D eigenvalue weighted by molar-refractivity contribution is 6.34. The fraction of sp³-hybridized carbons (Fsp3) is 0.514. The summed E-state index contributed by atoms with van der Waals surface area (Å²) in [5.41, 5.74) is 4.35. The molecule has 0 bridgehead atoms. The van der Waals surface area contributed by atoms with Gasteiger partial charge in [0, 0.05) is 65.1 Å². The topological polar surface area (TPSA) is 128 Å². The fourth-order valence-corrected chi connectivity index (χ4v) is 5.92. The Balaban J connectivity index is 0.000000238. The van der Waals surface area contributed by atoms with Crippen molar-refractivity contribution in [2.75, 3.05) is 39.6 Å². The van der Waals surface area contributed by atoms with Gasteiger partial charge in [-0.25, -0.2) is 19.9 Å². The Kier molecular flexibility index (Phi) is 17.5.